The van der Waals surface area contributed by atoms with Crippen molar-refractivity contribution in [3.05, 3.63) is 47.3 Å². The number of carbonyl (C=O) groups is 1. The van der Waals surface area contributed by atoms with Gasteiger partial charge in [-0.15, -0.1) is 0 Å². The number of anilines is 1. The number of fused-ring (bicyclic) bond motifs is 1. The fourth-order valence-electron chi connectivity index (χ4n) is 4.57. The Hall–Kier alpha value is -2.83. The van der Waals surface area contributed by atoms with E-state index in [0.29, 0.717) is 11.9 Å². The molecule has 7 heteroatoms. The van der Waals surface area contributed by atoms with Gasteiger partial charge in [-0.3, -0.25) is 0 Å². The standard InChI is InChI=1S/C24H33N5O2/c1-4-21(19-10-12-22(31-3)25-16-19)29-15-14-28(24(29)30)13-5-6-20-11-9-18-8-7-17(2)26-23(18)27-20/h9-12,16-17,21H,4-8,13-15H2,1-3H3,(H,26,27). The maximum atomic E-state index is 13.1. The van der Waals surface area contributed by atoms with E-state index in [4.69, 9.17) is 9.72 Å². The highest BCUT2D eigenvalue weighted by Crippen LogP contribution is 2.29. The molecule has 0 aliphatic carbocycles. The van der Waals surface area contributed by atoms with Crippen LogP contribution in [0.15, 0.2) is 30.5 Å². The smallest absolute Gasteiger partial charge is 0.320 e. The molecule has 2 aliphatic heterocycles. The molecule has 0 saturated carbocycles. The van der Waals surface area contributed by atoms with E-state index in [1.807, 2.05) is 28.1 Å². The van der Waals surface area contributed by atoms with Gasteiger partial charge in [0.2, 0.25) is 5.88 Å². The SMILES string of the molecule is CCC(c1ccc(OC)nc1)N1CCN(CCCc2ccc3c(n2)NC(C)CC3)C1=O. The molecule has 2 aromatic rings. The van der Waals surface area contributed by atoms with Crippen LogP contribution in [0.5, 0.6) is 5.88 Å². The number of rotatable bonds is 8. The lowest BCUT2D eigenvalue weighted by atomic mass is 10.0. The van der Waals surface area contributed by atoms with Crippen molar-refractivity contribution in [2.24, 2.45) is 0 Å². The number of aromatic nitrogens is 2. The first-order chi connectivity index (χ1) is 15.1. The van der Waals surface area contributed by atoms with Crippen LogP contribution >= 0.6 is 0 Å². The van der Waals surface area contributed by atoms with Crippen molar-refractivity contribution >= 4 is 11.8 Å². The van der Waals surface area contributed by atoms with Gasteiger partial charge in [0, 0.05) is 43.6 Å². The van der Waals surface area contributed by atoms with E-state index >= 15 is 0 Å². The Kier molecular flexibility index (Phi) is 6.59. The number of hydrogen-bond donors (Lipinski definition) is 1. The van der Waals surface area contributed by atoms with Crippen molar-refractivity contribution < 1.29 is 9.53 Å². The zero-order chi connectivity index (χ0) is 21.8. The number of methoxy groups -OCH3 is 1. The average molecular weight is 424 g/mol. The molecule has 0 spiro atoms. The first-order valence-electron chi connectivity index (χ1n) is 11.4. The maximum Gasteiger partial charge on any atom is 0.320 e. The minimum absolute atomic E-state index is 0.0475. The van der Waals surface area contributed by atoms with Crippen molar-refractivity contribution in [3.63, 3.8) is 0 Å². The molecule has 2 amide bonds. The zero-order valence-electron chi connectivity index (χ0n) is 18.8. The largest absolute Gasteiger partial charge is 0.481 e. The molecule has 1 N–H and O–H groups in total. The lowest BCUT2D eigenvalue weighted by Gasteiger charge is -2.27. The molecule has 2 aliphatic rings. The molecule has 166 valence electrons. The minimum atomic E-state index is 0.0475. The van der Waals surface area contributed by atoms with E-state index < -0.39 is 0 Å². The lowest BCUT2D eigenvalue weighted by Crippen LogP contribution is -2.35. The Labute approximate surface area is 184 Å². The second-order valence-electron chi connectivity index (χ2n) is 8.52. The molecule has 1 fully saturated rings. The van der Waals surface area contributed by atoms with E-state index in [2.05, 4.69) is 36.3 Å². The summed E-state index contributed by atoms with van der Waals surface area (Å²) in [7, 11) is 1.61. The van der Waals surface area contributed by atoms with Crippen molar-refractivity contribution in [2.45, 2.75) is 58.0 Å². The summed E-state index contributed by atoms with van der Waals surface area (Å²) in [6, 6.07) is 8.86. The summed E-state index contributed by atoms with van der Waals surface area (Å²) in [6.07, 6.45) is 6.73. The summed E-state index contributed by atoms with van der Waals surface area (Å²) in [5.41, 5.74) is 3.46. The highest BCUT2D eigenvalue weighted by atomic mass is 16.5. The monoisotopic (exact) mass is 423 g/mol. The van der Waals surface area contributed by atoms with Crippen LogP contribution in [0.2, 0.25) is 0 Å². The van der Waals surface area contributed by atoms with Gasteiger partial charge in [-0.25, -0.2) is 14.8 Å². The minimum Gasteiger partial charge on any atom is -0.481 e. The first kappa shape index (κ1) is 21.4. The molecular weight excluding hydrogens is 390 g/mol. The maximum absolute atomic E-state index is 13.1. The summed E-state index contributed by atoms with van der Waals surface area (Å²) in [5, 5.41) is 3.49. The van der Waals surface area contributed by atoms with Crippen LogP contribution in [0.1, 0.15) is 56.0 Å². The van der Waals surface area contributed by atoms with Crippen LogP contribution in [0, 0.1) is 0 Å². The highest BCUT2D eigenvalue weighted by Gasteiger charge is 2.33. The molecule has 0 radical (unpaired) electrons. The molecular formula is C24H33N5O2. The topological polar surface area (TPSA) is 70.6 Å². The molecule has 31 heavy (non-hydrogen) atoms. The first-order valence-corrected chi connectivity index (χ1v) is 11.4. The fraction of sp³-hybridized carbons (Fsp3) is 0.542. The van der Waals surface area contributed by atoms with Gasteiger partial charge >= 0.3 is 6.03 Å². The van der Waals surface area contributed by atoms with Crippen molar-refractivity contribution in [3.8, 4) is 5.88 Å². The molecule has 2 unspecified atom stereocenters. The van der Waals surface area contributed by atoms with Crippen LogP contribution in [0.25, 0.3) is 0 Å². The molecule has 2 atom stereocenters. The number of aryl methyl sites for hydroxylation is 2. The Morgan fingerprint density at radius 3 is 2.87 bits per heavy atom. The summed E-state index contributed by atoms with van der Waals surface area (Å²) in [6.45, 7) is 6.60. The van der Waals surface area contributed by atoms with Gasteiger partial charge in [0.1, 0.15) is 5.82 Å². The van der Waals surface area contributed by atoms with E-state index in [1.54, 1.807) is 7.11 Å². The Morgan fingerprint density at radius 2 is 2.13 bits per heavy atom. The van der Waals surface area contributed by atoms with Gasteiger partial charge in [-0.1, -0.05) is 19.1 Å². The molecule has 0 aromatic carbocycles. The Morgan fingerprint density at radius 1 is 1.26 bits per heavy atom. The van der Waals surface area contributed by atoms with Crippen molar-refractivity contribution in [2.75, 3.05) is 32.1 Å². The van der Waals surface area contributed by atoms with Gasteiger partial charge in [0.25, 0.3) is 0 Å². The number of urea groups is 1. The van der Waals surface area contributed by atoms with Crippen LogP contribution < -0.4 is 10.1 Å². The van der Waals surface area contributed by atoms with Crippen molar-refractivity contribution in [1.82, 2.24) is 19.8 Å². The highest BCUT2D eigenvalue weighted by molar-refractivity contribution is 5.77. The number of pyridine rings is 2. The predicted octanol–water partition coefficient (Wildman–Crippen LogP) is 4.05. The van der Waals surface area contributed by atoms with Gasteiger partial charge in [0.15, 0.2) is 0 Å². The Balaban J connectivity index is 1.32. The molecule has 7 nitrogen and oxygen atoms in total. The number of carbonyl (C=O) groups excluding carboxylic acids is 1. The Bertz CT molecular complexity index is 901. The van der Waals surface area contributed by atoms with Crippen molar-refractivity contribution in [1.29, 1.82) is 0 Å². The third-order valence-electron chi connectivity index (χ3n) is 6.37. The summed E-state index contributed by atoms with van der Waals surface area (Å²) < 4.78 is 5.15. The van der Waals surface area contributed by atoms with Crippen LogP contribution in [0.4, 0.5) is 10.6 Å². The van der Waals surface area contributed by atoms with E-state index in [-0.39, 0.29) is 12.1 Å². The summed E-state index contributed by atoms with van der Waals surface area (Å²) in [4.78, 5) is 26.1. The van der Waals surface area contributed by atoms with Gasteiger partial charge in [-0.05, 0) is 56.2 Å². The number of nitrogens with one attached hydrogen (secondary N) is 1. The van der Waals surface area contributed by atoms with Gasteiger partial charge in [0.05, 0.1) is 13.2 Å². The van der Waals surface area contributed by atoms with E-state index in [9.17, 15) is 4.79 Å². The number of amides is 2. The second-order valence-corrected chi connectivity index (χ2v) is 8.52. The second kappa shape index (κ2) is 9.54. The number of hydrogen-bond acceptors (Lipinski definition) is 5. The summed E-state index contributed by atoms with van der Waals surface area (Å²) in [5.74, 6) is 1.63. The van der Waals surface area contributed by atoms with Gasteiger partial charge in [-0.2, -0.15) is 0 Å². The van der Waals surface area contributed by atoms with Crippen LogP contribution in [0.3, 0.4) is 0 Å². The number of nitrogens with zero attached hydrogens (tertiary/aromatic N) is 4. The molecule has 2 aromatic heterocycles. The molecule has 0 bridgehead atoms. The van der Waals surface area contributed by atoms with E-state index in [0.717, 1.165) is 68.8 Å². The normalized spacial score (nSPS) is 19.2. The van der Waals surface area contributed by atoms with Gasteiger partial charge < -0.3 is 19.9 Å². The van der Waals surface area contributed by atoms with Crippen LogP contribution in [-0.4, -0.2) is 58.6 Å². The predicted molar refractivity (Wildman–Crippen MR) is 121 cm³/mol. The molecule has 4 heterocycles. The molecule has 1 saturated heterocycles. The fourth-order valence-corrected chi connectivity index (χ4v) is 4.57. The van der Waals surface area contributed by atoms with Crippen LogP contribution in [-0.2, 0) is 12.8 Å². The zero-order valence-corrected chi connectivity index (χ0v) is 18.8. The average Bonchev–Trinajstić information content (AvgIpc) is 3.15. The quantitative estimate of drug-likeness (QED) is 0.694. The summed E-state index contributed by atoms with van der Waals surface area (Å²) >= 11 is 0. The van der Waals surface area contributed by atoms with E-state index in [1.165, 1.54) is 5.56 Å². The third-order valence-corrected chi connectivity index (χ3v) is 6.37. The molecule has 4 rings (SSSR count). The lowest BCUT2D eigenvalue weighted by molar-refractivity contribution is 0.175. The number of ether oxygens (including phenoxy) is 1. The third kappa shape index (κ3) is 4.75.